The molecule has 0 unspecified atom stereocenters. The van der Waals surface area contributed by atoms with Gasteiger partial charge in [-0.2, -0.15) is 0 Å². The Balaban J connectivity index is 1.37. The SMILES string of the molecule is O=C(Cn1cnc(-c2ccc(Cl)cc2)cc1=O)N1CCN(C(=O)c2ccco2)CC1. The molecule has 0 atom stereocenters. The molecule has 1 saturated heterocycles. The molecule has 4 rings (SSSR count). The predicted molar refractivity (Wildman–Crippen MR) is 110 cm³/mol. The van der Waals surface area contributed by atoms with Crippen molar-refractivity contribution in [1.29, 1.82) is 0 Å². The van der Waals surface area contributed by atoms with E-state index in [-0.39, 0.29) is 29.7 Å². The summed E-state index contributed by atoms with van der Waals surface area (Å²) in [5.41, 5.74) is 0.979. The minimum absolute atomic E-state index is 0.0984. The van der Waals surface area contributed by atoms with Crippen LogP contribution in [-0.2, 0) is 11.3 Å². The molecule has 30 heavy (non-hydrogen) atoms. The molecule has 0 radical (unpaired) electrons. The maximum atomic E-state index is 12.6. The highest BCUT2D eigenvalue weighted by molar-refractivity contribution is 6.30. The zero-order valence-electron chi connectivity index (χ0n) is 16.0. The Hall–Kier alpha value is -3.39. The summed E-state index contributed by atoms with van der Waals surface area (Å²) in [7, 11) is 0. The molecule has 3 heterocycles. The Labute approximate surface area is 177 Å². The average Bonchev–Trinajstić information content (AvgIpc) is 3.30. The maximum Gasteiger partial charge on any atom is 0.289 e. The second-order valence-electron chi connectivity index (χ2n) is 6.90. The lowest BCUT2D eigenvalue weighted by Crippen LogP contribution is -2.51. The van der Waals surface area contributed by atoms with Crippen molar-refractivity contribution >= 4 is 23.4 Å². The molecular weight excluding hydrogens is 408 g/mol. The molecule has 0 saturated carbocycles. The van der Waals surface area contributed by atoms with E-state index in [4.69, 9.17) is 16.0 Å². The molecule has 8 nitrogen and oxygen atoms in total. The minimum atomic E-state index is -0.310. The largest absolute Gasteiger partial charge is 0.459 e. The number of rotatable bonds is 4. The molecule has 3 aromatic rings. The van der Waals surface area contributed by atoms with E-state index in [0.717, 1.165) is 5.56 Å². The number of carbonyl (C=O) groups excluding carboxylic acids is 2. The molecule has 2 amide bonds. The van der Waals surface area contributed by atoms with Gasteiger partial charge in [0.05, 0.1) is 18.3 Å². The third-order valence-corrected chi connectivity index (χ3v) is 5.23. The Morgan fingerprint density at radius 3 is 2.37 bits per heavy atom. The lowest BCUT2D eigenvalue weighted by Gasteiger charge is -2.34. The monoisotopic (exact) mass is 426 g/mol. The van der Waals surface area contributed by atoms with Crippen LogP contribution in [-0.4, -0.2) is 57.3 Å². The van der Waals surface area contributed by atoms with Gasteiger partial charge in [0, 0.05) is 42.8 Å². The van der Waals surface area contributed by atoms with Gasteiger partial charge in [-0.15, -0.1) is 0 Å². The number of aromatic nitrogens is 2. The van der Waals surface area contributed by atoms with Gasteiger partial charge in [0.2, 0.25) is 5.91 Å². The molecule has 1 aliphatic heterocycles. The van der Waals surface area contributed by atoms with Gasteiger partial charge in [-0.1, -0.05) is 23.7 Å². The van der Waals surface area contributed by atoms with E-state index < -0.39 is 0 Å². The van der Waals surface area contributed by atoms with E-state index in [9.17, 15) is 14.4 Å². The van der Waals surface area contributed by atoms with Crippen LogP contribution in [0.1, 0.15) is 10.6 Å². The van der Waals surface area contributed by atoms with E-state index in [1.165, 1.54) is 23.2 Å². The molecule has 0 aliphatic carbocycles. The van der Waals surface area contributed by atoms with Crippen LogP contribution < -0.4 is 5.56 Å². The van der Waals surface area contributed by atoms with Crippen molar-refractivity contribution in [3.05, 3.63) is 76.2 Å². The topological polar surface area (TPSA) is 88.7 Å². The fraction of sp³-hybridized carbons (Fsp3) is 0.238. The van der Waals surface area contributed by atoms with Crippen molar-refractivity contribution in [3.8, 4) is 11.3 Å². The average molecular weight is 427 g/mol. The summed E-state index contributed by atoms with van der Waals surface area (Å²) in [5, 5.41) is 0.601. The van der Waals surface area contributed by atoms with Crippen LogP contribution in [0, 0.1) is 0 Å². The molecular formula is C21H19ClN4O4. The first kappa shape index (κ1) is 19.9. The Morgan fingerprint density at radius 2 is 1.73 bits per heavy atom. The molecule has 0 N–H and O–H groups in total. The number of piperazine rings is 1. The number of nitrogens with zero attached hydrogens (tertiary/aromatic N) is 4. The highest BCUT2D eigenvalue weighted by Gasteiger charge is 2.26. The van der Waals surface area contributed by atoms with Gasteiger partial charge in [0.15, 0.2) is 5.76 Å². The lowest BCUT2D eigenvalue weighted by atomic mass is 10.1. The molecule has 1 aliphatic rings. The summed E-state index contributed by atoms with van der Waals surface area (Å²) >= 11 is 5.88. The van der Waals surface area contributed by atoms with Crippen molar-refractivity contribution in [2.75, 3.05) is 26.2 Å². The number of furan rings is 1. The summed E-state index contributed by atoms with van der Waals surface area (Å²) in [5.74, 6) is -0.0956. The molecule has 0 bridgehead atoms. The van der Waals surface area contributed by atoms with Crippen molar-refractivity contribution in [1.82, 2.24) is 19.4 Å². The third kappa shape index (κ3) is 4.28. The van der Waals surface area contributed by atoms with E-state index in [2.05, 4.69) is 4.98 Å². The van der Waals surface area contributed by atoms with E-state index in [0.29, 0.717) is 36.9 Å². The van der Waals surface area contributed by atoms with Crippen LogP contribution in [0.15, 0.2) is 64.3 Å². The Kier molecular flexibility index (Phi) is 5.67. The zero-order valence-corrected chi connectivity index (χ0v) is 16.8. The van der Waals surface area contributed by atoms with Crippen molar-refractivity contribution < 1.29 is 14.0 Å². The van der Waals surface area contributed by atoms with Crippen molar-refractivity contribution in [3.63, 3.8) is 0 Å². The van der Waals surface area contributed by atoms with Crippen molar-refractivity contribution in [2.24, 2.45) is 0 Å². The minimum Gasteiger partial charge on any atom is -0.459 e. The molecule has 1 aromatic carbocycles. The van der Waals surface area contributed by atoms with Gasteiger partial charge in [-0.3, -0.25) is 19.0 Å². The number of amides is 2. The van der Waals surface area contributed by atoms with Gasteiger partial charge in [-0.05, 0) is 24.3 Å². The second-order valence-corrected chi connectivity index (χ2v) is 7.33. The van der Waals surface area contributed by atoms with Crippen LogP contribution in [0.3, 0.4) is 0 Å². The van der Waals surface area contributed by atoms with Crippen LogP contribution in [0.5, 0.6) is 0 Å². The van der Waals surface area contributed by atoms with Gasteiger partial charge in [0.1, 0.15) is 6.54 Å². The normalized spacial score (nSPS) is 14.0. The van der Waals surface area contributed by atoms with Gasteiger partial charge in [-0.25, -0.2) is 4.98 Å². The summed E-state index contributed by atoms with van der Waals surface area (Å²) in [6.45, 7) is 1.52. The molecule has 9 heteroatoms. The first-order valence-electron chi connectivity index (χ1n) is 9.44. The van der Waals surface area contributed by atoms with E-state index >= 15 is 0 Å². The third-order valence-electron chi connectivity index (χ3n) is 4.98. The highest BCUT2D eigenvalue weighted by atomic mass is 35.5. The highest BCUT2D eigenvalue weighted by Crippen LogP contribution is 2.18. The molecule has 1 fully saturated rings. The fourth-order valence-corrected chi connectivity index (χ4v) is 3.41. The predicted octanol–water partition coefficient (Wildman–Crippen LogP) is 2.14. The number of hydrogen-bond donors (Lipinski definition) is 0. The first-order valence-corrected chi connectivity index (χ1v) is 9.82. The Bertz CT molecular complexity index is 1100. The molecule has 0 spiro atoms. The maximum absolute atomic E-state index is 12.6. The summed E-state index contributed by atoms with van der Waals surface area (Å²) in [4.78, 5) is 44.9. The van der Waals surface area contributed by atoms with Crippen LogP contribution in [0.25, 0.3) is 11.3 Å². The van der Waals surface area contributed by atoms with Gasteiger partial charge >= 0.3 is 0 Å². The smallest absolute Gasteiger partial charge is 0.289 e. The number of carbonyl (C=O) groups is 2. The summed E-state index contributed by atoms with van der Waals surface area (Å²) < 4.78 is 6.42. The number of hydrogen-bond acceptors (Lipinski definition) is 5. The van der Waals surface area contributed by atoms with Crippen LogP contribution >= 0.6 is 11.6 Å². The summed E-state index contributed by atoms with van der Waals surface area (Å²) in [6, 6.07) is 11.7. The van der Waals surface area contributed by atoms with Crippen molar-refractivity contribution in [2.45, 2.75) is 6.54 Å². The molecule has 2 aromatic heterocycles. The zero-order chi connectivity index (χ0) is 21.1. The van der Waals surface area contributed by atoms with Crippen LogP contribution in [0.4, 0.5) is 0 Å². The Morgan fingerprint density at radius 1 is 1.03 bits per heavy atom. The standard InChI is InChI=1S/C21H19ClN4O4/c22-16-5-3-15(4-6-16)17-12-19(27)26(14-23-17)13-20(28)24-7-9-25(10-8-24)21(29)18-2-1-11-30-18/h1-6,11-12,14H,7-10,13H2. The lowest BCUT2D eigenvalue weighted by molar-refractivity contribution is -0.133. The second kappa shape index (κ2) is 8.54. The van der Waals surface area contributed by atoms with Gasteiger partial charge in [0.25, 0.3) is 11.5 Å². The van der Waals surface area contributed by atoms with Gasteiger partial charge < -0.3 is 14.2 Å². The fourth-order valence-electron chi connectivity index (χ4n) is 3.28. The number of benzene rings is 1. The van der Waals surface area contributed by atoms with E-state index in [1.807, 2.05) is 0 Å². The quantitative estimate of drug-likeness (QED) is 0.637. The number of halogens is 1. The first-order chi connectivity index (χ1) is 14.5. The van der Waals surface area contributed by atoms with E-state index in [1.54, 1.807) is 46.2 Å². The van der Waals surface area contributed by atoms with Crippen LogP contribution in [0.2, 0.25) is 5.02 Å². The summed E-state index contributed by atoms with van der Waals surface area (Å²) in [6.07, 6.45) is 2.83. The molecule has 154 valence electrons.